The molecule has 1 aromatic heterocycles. The van der Waals surface area contributed by atoms with Gasteiger partial charge in [0.15, 0.2) is 5.69 Å². The Balaban J connectivity index is 1.44. The quantitative estimate of drug-likeness (QED) is 0.812. The van der Waals surface area contributed by atoms with Gasteiger partial charge >= 0.3 is 0 Å². The van der Waals surface area contributed by atoms with Crippen LogP contribution in [0.2, 0.25) is 0 Å². The van der Waals surface area contributed by atoms with Gasteiger partial charge in [0, 0.05) is 19.6 Å². The molecule has 1 spiro atoms. The van der Waals surface area contributed by atoms with Gasteiger partial charge in [-0.15, -0.1) is 5.10 Å². The lowest BCUT2D eigenvalue weighted by Gasteiger charge is -2.51. The lowest BCUT2D eigenvalue weighted by molar-refractivity contribution is -0.185. The molecule has 1 aromatic rings. The molecule has 25 heavy (non-hydrogen) atoms. The van der Waals surface area contributed by atoms with Crippen LogP contribution in [0.5, 0.6) is 0 Å². The van der Waals surface area contributed by atoms with E-state index in [0.29, 0.717) is 24.7 Å². The number of morpholine rings is 1. The summed E-state index contributed by atoms with van der Waals surface area (Å²) < 4.78 is 9.91. The SMILES string of the molecule is Cc1snnc1C(=O)N1CCC2(CC1)OCC(=O)N(CC1CC1)[C@H]2C. The van der Waals surface area contributed by atoms with E-state index in [4.69, 9.17) is 4.74 Å². The minimum absolute atomic E-state index is 0.0459. The van der Waals surface area contributed by atoms with Crippen LogP contribution >= 0.6 is 11.5 Å². The summed E-state index contributed by atoms with van der Waals surface area (Å²) in [7, 11) is 0. The summed E-state index contributed by atoms with van der Waals surface area (Å²) in [5.74, 6) is 0.728. The number of carbonyl (C=O) groups is 2. The molecular weight excluding hydrogens is 340 g/mol. The van der Waals surface area contributed by atoms with Gasteiger partial charge in [-0.05, 0) is 57.0 Å². The van der Waals surface area contributed by atoms with E-state index in [2.05, 4.69) is 16.5 Å². The molecule has 0 radical (unpaired) electrons. The van der Waals surface area contributed by atoms with Crippen molar-refractivity contribution < 1.29 is 14.3 Å². The van der Waals surface area contributed by atoms with Crippen molar-refractivity contribution in [3.63, 3.8) is 0 Å². The van der Waals surface area contributed by atoms with Gasteiger partial charge in [0.2, 0.25) is 5.91 Å². The molecule has 2 amide bonds. The van der Waals surface area contributed by atoms with Gasteiger partial charge in [-0.25, -0.2) is 0 Å². The second-order valence-corrected chi connectivity index (χ2v) is 8.45. The van der Waals surface area contributed by atoms with E-state index in [-0.39, 0.29) is 30.1 Å². The minimum Gasteiger partial charge on any atom is -0.363 e. The van der Waals surface area contributed by atoms with Gasteiger partial charge in [0.05, 0.1) is 16.5 Å². The van der Waals surface area contributed by atoms with E-state index in [1.54, 1.807) is 0 Å². The van der Waals surface area contributed by atoms with Crippen LogP contribution in [0.1, 0.15) is 48.0 Å². The lowest BCUT2D eigenvalue weighted by Crippen LogP contribution is -2.64. The molecule has 3 heterocycles. The number of likely N-dealkylation sites (tertiary alicyclic amines) is 1. The maximum absolute atomic E-state index is 12.6. The highest BCUT2D eigenvalue weighted by atomic mass is 32.1. The number of aromatic nitrogens is 2. The van der Waals surface area contributed by atoms with Crippen LogP contribution in [-0.4, -0.2) is 69.1 Å². The van der Waals surface area contributed by atoms with E-state index in [1.165, 1.54) is 24.4 Å². The van der Waals surface area contributed by atoms with Crippen LogP contribution in [0, 0.1) is 12.8 Å². The Labute approximate surface area is 151 Å². The molecule has 3 aliphatic rings. The number of carbonyl (C=O) groups excluding carboxylic acids is 2. The van der Waals surface area contributed by atoms with Crippen molar-refractivity contribution in [1.82, 2.24) is 19.4 Å². The molecule has 136 valence electrons. The number of rotatable bonds is 3. The fraction of sp³-hybridized carbons (Fsp3) is 0.765. The first-order chi connectivity index (χ1) is 12.0. The van der Waals surface area contributed by atoms with Crippen molar-refractivity contribution in [1.29, 1.82) is 0 Å². The van der Waals surface area contributed by atoms with Gasteiger partial charge in [0.25, 0.3) is 5.91 Å². The molecule has 3 fully saturated rings. The molecule has 2 aliphatic heterocycles. The van der Waals surface area contributed by atoms with Crippen molar-refractivity contribution in [3.05, 3.63) is 10.6 Å². The molecule has 0 N–H and O–H groups in total. The number of ether oxygens (including phenoxy) is 1. The third-order valence-electron chi connectivity index (χ3n) is 5.94. The lowest BCUT2D eigenvalue weighted by atomic mass is 9.82. The average molecular weight is 364 g/mol. The van der Waals surface area contributed by atoms with Gasteiger partial charge in [-0.3, -0.25) is 9.59 Å². The molecule has 7 nitrogen and oxygen atoms in total. The highest BCUT2D eigenvalue weighted by Gasteiger charge is 2.49. The standard InChI is InChI=1S/C17H24N4O3S/c1-11-15(18-19-25-11)16(23)20-7-5-17(6-8-20)12(2)21(9-13-3-4-13)14(22)10-24-17/h12-13H,3-10H2,1-2H3/t12-/m0/s1. The first-order valence-corrected chi connectivity index (χ1v) is 9.79. The van der Waals surface area contributed by atoms with Crippen molar-refractivity contribution in [2.45, 2.75) is 51.2 Å². The van der Waals surface area contributed by atoms with E-state index >= 15 is 0 Å². The Morgan fingerprint density at radius 3 is 2.68 bits per heavy atom. The number of amides is 2. The monoisotopic (exact) mass is 364 g/mol. The summed E-state index contributed by atoms with van der Waals surface area (Å²) in [6, 6.07) is 0.0641. The van der Waals surface area contributed by atoms with Crippen LogP contribution in [0.15, 0.2) is 0 Å². The Kier molecular flexibility index (Phi) is 4.27. The zero-order valence-electron chi connectivity index (χ0n) is 14.7. The van der Waals surface area contributed by atoms with Gasteiger partial charge < -0.3 is 14.5 Å². The van der Waals surface area contributed by atoms with Crippen molar-refractivity contribution >= 4 is 23.3 Å². The van der Waals surface area contributed by atoms with Crippen LogP contribution < -0.4 is 0 Å². The number of hydrogen-bond acceptors (Lipinski definition) is 6. The van der Waals surface area contributed by atoms with Gasteiger partial charge in [-0.2, -0.15) is 0 Å². The van der Waals surface area contributed by atoms with Crippen molar-refractivity contribution in [2.75, 3.05) is 26.2 Å². The molecule has 8 heteroatoms. The van der Waals surface area contributed by atoms with Crippen LogP contribution in [0.4, 0.5) is 0 Å². The molecule has 1 atom stereocenters. The third-order valence-corrected chi connectivity index (χ3v) is 6.57. The third kappa shape index (κ3) is 3.06. The summed E-state index contributed by atoms with van der Waals surface area (Å²) >= 11 is 1.25. The van der Waals surface area contributed by atoms with E-state index in [0.717, 1.165) is 24.3 Å². The molecule has 0 aromatic carbocycles. The first kappa shape index (κ1) is 16.9. The number of piperidine rings is 1. The zero-order chi connectivity index (χ0) is 17.6. The van der Waals surface area contributed by atoms with Crippen molar-refractivity contribution in [2.24, 2.45) is 5.92 Å². The average Bonchev–Trinajstić information content (AvgIpc) is 3.34. The number of hydrogen-bond donors (Lipinski definition) is 0. The highest BCUT2D eigenvalue weighted by molar-refractivity contribution is 7.05. The van der Waals surface area contributed by atoms with Crippen LogP contribution in [0.3, 0.4) is 0 Å². The highest BCUT2D eigenvalue weighted by Crippen LogP contribution is 2.38. The summed E-state index contributed by atoms with van der Waals surface area (Å²) in [6.45, 7) is 6.26. The Morgan fingerprint density at radius 2 is 2.08 bits per heavy atom. The number of nitrogens with zero attached hydrogens (tertiary/aromatic N) is 4. The molecule has 1 saturated carbocycles. The molecule has 2 saturated heterocycles. The van der Waals surface area contributed by atoms with E-state index < -0.39 is 0 Å². The first-order valence-electron chi connectivity index (χ1n) is 9.02. The molecule has 1 aliphatic carbocycles. The summed E-state index contributed by atoms with van der Waals surface area (Å²) in [4.78, 5) is 29.6. The van der Waals surface area contributed by atoms with Crippen LogP contribution in [-0.2, 0) is 9.53 Å². The number of aryl methyl sites for hydroxylation is 1. The van der Waals surface area contributed by atoms with E-state index in [1.807, 2.05) is 16.7 Å². The topological polar surface area (TPSA) is 75.6 Å². The second kappa shape index (κ2) is 6.32. The minimum atomic E-state index is -0.324. The smallest absolute Gasteiger partial charge is 0.275 e. The largest absolute Gasteiger partial charge is 0.363 e. The Morgan fingerprint density at radius 1 is 1.36 bits per heavy atom. The Hall–Kier alpha value is -1.54. The molecular formula is C17H24N4O3S. The Bertz CT molecular complexity index is 679. The van der Waals surface area contributed by atoms with Crippen molar-refractivity contribution in [3.8, 4) is 0 Å². The predicted molar refractivity (Wildman–Crippen MR) is 92.4 cm³/mol. The zero-order valence-corrected chi connectivity index (χ0v) is 15.5. The van der Waals surface area contributed by atoms with Crippen LogP contribution in [0.25, 0.3) is 0 Å². The maximum Gasteiger partial charge on any atom is 0.275 e. The summed E-state index contributed by atoms with van der Waals surface area (Å²) in [5.41, 5.74) is 0.138. The molecule has 0 bridgehead atoms. The van der Waals surface area contributed by atoms with E-state index in [9.17, 15) is 9.59 Å². The second-order valence-electron chi connectivity index (χ2n) is 7.49. The summed E-state index contributed by atoms with van der Waals surface area (Å²) in [6.07, 6.45) is 3.97. The maximum atomic E-state index is 12.6. The predicted octanol–water partition coefficient (Wildman–Crippen LogP) is 1.48. The van der Waals surface area contributed by atoms with Gasteiger partial charge in [-0.1, -0.05) is 4.49 Å². The normalized spacial score (nSPS) is 26.3. The molecule has 4 rings (SSSR count). The fourth-order valence-electron chi connectivity index (χ4n) is 3.98. The summed E-state index contributed by atoms with van der Waals surface area (Å²) in [5, 5.41) is 3.96. The fourth-order valence-corrected chi connectivity index (χ4v) is 4.44. The van der Waals surface area contributed by atoms with Gasteiger partial charge in [0.1, 0.15) is 6.61 Å². The molecule has 0 unspecified atom stereocenters.